The Hall–Kier alpha value is -1.86. The smallest absolute Gasteiger partial charge is 0.0518 e. The minimum atomic E-state index is 0.311. The molecule has 254 valence electrons. The van der Waals surface area contributed by atoms with Crippen LogP contribution < -0.4 is 0 Å². The fraction of sp³-hybridized carbons (Fsp3) is 0.674. The van der Waals surface area contributed by atoms with Crippen LogP contribution >= 0.6 is 0 Å². The van der Waals surface area contributed by atoms with Crippen molar-refractivity contribution in [3.63, 3.8) is 0 Å². The average molecular weight is 609 g/mol. The summed E-state index contributed by atoms with van der Waals surface area (Å²) in [5.41, 5.74) is 3.36. The summed E-state index contributed by atoms with van der Waals surface area (Å²) >= 11 is 0. The minimum Gasteiger partial charge on any atom is -0.379 e. The lowest BCUT2D eigenvalue weighted by Gasteiger charge is -2.33. The van der Waals surface area contributed by atoms with Crippen molar-refractivity contribution in [2.45, 2.75) is 166 Å². The second-order valence-corrected chi connectivity index (χ2v) is 13.4. The predicted octanol–water partition coefficient (Wildman–Crippen LogP) is 14.7. The van der Waals surface area contributed by atoms with E-state index in [4.69, 9.17) is 4.74 Å². The Balaban J connectivity index is 0. The van der Waals surface area contributed by atoms with Crippen LogP contribution in [0.1, 0.15) is 171 Å². The van der Waals surface area contributed by atoms with Crippen molar-refractivity contribution in [3.05, 3.63) is 72.8 Å². The van der Waals surface area contributed by atoms with E-state index in [9.17, 15) is 0 Å². The summed E-state index contributed by atoms with van der Waals surface area (Å²) in [5.74, 6) is 3.17. The molecule has 0 aromatic heterocycles. The molecule has 1 unspecified atom stereocenters. The molecular weight excluding hydrogens is 532 g/mol. The van der Waals surface area contributed by atoms with Gasteiger partial charge in [0.25, 0.3) is 0 Å². The normalized spacial score (nSPS) is 15.0. The largest absolute Gasteiger partial charge is 0.379 e. The zero-order valence-corrected chi connectivity index (χ0v) is 31.9. The fourth-order valence-corrected chi connectivity index (χ4v) is 5.58. The minimum absolute atomic E-state index is 0.311. The van der Waals surface area contributed by atoms with Gasteiger partial charge in [-0.15, -0.1) is 0 Å². The van der Waals surface area contributed by atoms with Crippen LogP contribution in [0.3, 0.4) is 0 Å². The Morgan fingerprint density at radius 3 is 1.73 bits per heavy atom. The summed E-state index contributed by atoms with van der Waals surface area (Å²) in [6.07, 6.45) is 16.2. The van der Waals surface area contributed by atoms with Gasteiger partial charge in [-0.3, -0.25) is 0 Å². The molecule has 2 aromatic carbocycles. The molecule has 2 saturated carbocycles. The Labute approximate surface area is 277 Å². The van der Waals surface area contributed by atoms with E-state index in [2.05, 4.69) is 98.0 Å². The van der Waals surface area contributed by atoms with Crippen molar-refractivity contribution in [2.24, 2.45) is 17.3 Å². The first-order valence-corrected chi connectivity index (χ1v) is 18.4. The molecule has 2 aromatic rings. The Morgan fingerprint density at radius 1 is 0.750 bits per heavy atom. The summed E-state index contributed by atoms with van der Waals surface area (Å²) in [6.45, 7) is 35.7. The van der Waals surface area contributed by atoms with Crippen molar-refractivity contribution in [3.8, 4) is 0 Å². The highest BCUT2D eigenvalue weighted by molar-refractivity contribution is 5.84. The second-order valence-electron chi connectivity index (χ2n) is 13.4. The molecule has 1 nitrogen and oxygen atoms in total. The van der Waals surface area contributed by atoms with Crippen molar-refractivity contribution in [2.75, 3.05) is 6.61 Å². The van der Waals surface area contributed by atoms with Crippen molar-refractivity contribution >= 4 is 10.8 Å². The zero-order valence-electron chi connectivity index (χ0n) is 31.9. The molecule has 0 aliphatic heterocycles. The number of hydrogen-bond donors (Lipinski definition) is 0. The SMILES string of the molecule is C=CC=C.CC.CC.CC.CC(C)CC(c1ccc2cc(C3CC3)ccc2c1)C(C)(C)C.CC(C)OCCC1CCCCC1. The van der Waals surface area contributed by atoms with Gasteiger partial charge in [0.1, 0.15) is 0 Å². The Morgan fingerprint density at radius 2 is 1.27 bits per heavy atom. The molecule has 0 heterocycles. The van der Waals surface area contributed by atoms with Gasteiger partial charge in [0.15, 0.2) is 0 Å². The first-order chi connectivity index (χ1) is 21.0. The summed E-state index contributed by atoms with van der Waals surface area (Å²) in [6, 6.07) is 14.2. The molecule has 44 heavy (non-hydrogen) atoms. The zero-order chi connectivity index (χ0) is 34.1. The molecule has 2 aliphatic rings. The van der Waals surface area contributed by atoms with Crippen LogP contribution in [0, 0.1) is 17.3 Å². The highest BCUT2D eigenvalue weighted by Crippen LogP contribution is 2.43. The predicted molar refractivity (Wildman–Crippen MR) is 204 cm³/mol. The van der Waals surface area contributed by atoms with Gasteiger partial charge in [-0.1, -0.05) is 170 Å². The number of rotatable bonds is 9. The molecule has 2 aliphatic carbocycles. The fourth-order valence-electron chi connectivity index (χ4n) is 5.58. The first kappa shape index (κ1) is 44.3. The van der Waals surface area contributed by atoms with E-state index in [1.807, 2.05) is 41.5 Å². The van der Waals surface area contributed by atoms with E-state index in [1.54, 1.807) is 12.2 Å². The monoisotopic (exact) mass is 609 g/mol. The van der Waals surface area contributed by atoms with Gasteiger partial charge in [0, 0.05) is 6.61 Å². The second kappa shape index (κ2) is 26.4. The van der Waals surface area contributed by atoms with Crippen molar-refractivity contribution in [1.29, 1.82) is 0 Å². The third kappa shape index (κ3) is 19.5. The van der Waals surface area contributed by atoms with Gasteiger partial charge in [0.05, 0.1) is 6.10 Å². The summed E-state index contributed by atoms with van der Waals surface area (Å²) in [5, 5.41) is 2.81. The molecule has 2 fully saturated rings. The number of allylic oxidation sites excluding steroid dienone is 2. The Kier molecular flexibility index (Phi) is 26.5. The number of hydrogen-bond acceptors (Lipinski definition) is 1. The standard InChI is InChI=1S/C22H30.C11H22O.C4H6.3C2H6/c1-15(2)12-21(22(3,4)5)20-11-10-18-13-17(16-6-7-16)8-9-19(18)14-20;1-10(2)12-9-8-11-6-4-3-5-7-11;1-3-4-2;3*1-2/h8-11,13-16,21H,6-7,12H2,1-5H3;10-11H,3-9H2,1-2H3;3-4H,1-2H2;3*1-2H3. The molecule has 0 radical (unpaired) electrons. The summed E-state index contributed by atoms with van der Waals surface area (Å²) in [4.78, 5) is 0. The van der Waals surface area contributed by atoms with E-state index < -0.39 is 0 Å². The van der Waals surface area contributed by atoms with Crippen LogP contribution in [0.15, 0.2) is 61.7 Å². The molecule has 1 heteroatoms. The van der Waals surface area contributed by atoms with Gasteiger partial charge < -0.3 is 4.74 Å². The van der Waals surface area contributed by atoms with Crippen LogP contribution in [0.4, 0.5) is 0 Å². The lowest BCUT2D eigenvalue weighted by molar-refractivity contribution is 0.0648. The first-order valence-electron chi connectivity index (χ1n) is 18.4. The number of ether oxygens (including phenoxy) is 1. The molecule has 1 atom stereocenters. The molecule has 4 rings (SSSR count). The van der Waals surface area contributed by atoms with Crippen LogP contribution in [0.2, 0.25) is 0 Å². The summed E-state index contributed by atoms with van der Waals surface area (Å²) < 4.78 is 5.54. The van der Waals surface area contributed by atoms with Crippen molar-refractivity contribution < 1.29 is 4.74 Å². The molecule has 0 bridgehead atoms. The Bertz CT molecular complexity index is 945. The average Bonchev–Trinajstić information content (AvgIpc) is 3.88. The van der Waals surface area contributed by atoms with Crippen LogP contribution in [-0.2, 0) is 4.74 Å². The van der Waals surface area contributed by atoms with E-state index in [0.29, 0.717) is 17.4 Å². The maximum Gasteiger partial charge on any atom is 0.0518 e. The van der Waals surface area contributed by atoms with Gasteiger partial charge in [-0.2, -0.15) is 0 Å². The van der Waals surface area contributed by atoms with Crippen LogP contribution in [0.25, 0.3) is 10.8 Å². The van der Waals surface area contributed by atoms with Gasteiger partial charge in [-0.05, 0) is 90.5 Å². The number of benzene rings is 2. The van der Waals surface area contributed by atoms with Crippen molar-refractivity contribution in [1.82, 2.24) is 0 Å². The quantitative estimate of drug-likeness (QED) is 0.257. The molecule has 0 spiro atoms. The van der Waals surface area contributed by atoms with Gasteiger partial charge in [0.2, 0.25) is 0 Å². The molecule has 0 N–H and O–H groups in total. The highest BCUT2D eigenvalue weighted by Gasteiger charge is 2.27. The van der Waals surface area contributed by atoms with Gasteiger partial charge in [-0.25, -0.2) is 0 Å². The number of fused-ring (bicyclic) bond motifs is 1. The molecular formula is C43H76O. The maximum atomic E-state index is 5.54. The third-order valence-electron chi connectivity index (χ3n) is 7.96. The summed E-state index contributed by atoms with van der Waals surface area (Å²) in [7, 11) is 0. The van der Waals surface area contributed by atoms with E-state index >= 15 is 0 Å². The van der Waals surface area contributed by atoms with Crippen LogP contribution in [-0.4, -0.2) is 12.7 Å². The van der Waals surface area contributed by atoms with Gasteiger partial charge >= 0.3 is 0 Å². The molecule has 0 amide bonds. The van der Waals surface area contributed by atoms with Crippen LogP contribution in [0.5, 0.6) is 0 Å². The lowest BCUT2D eigenvalue weighted by atomic mass is 9.72. The van der Waals surface area contributed by atoms with E-state index in [-0.39, 0.29) is 0 Å². The van der Waals surface area contributed by atoms with E-state index in [1.165, 1.54) is 79.7 Å². The lowest BCUT2D eigenvalue weighted by Crippen LogP contribution is -2.20. The molecule has 0 saturated heterocycles. The topological polar surface area (TPSA) is 9.23 Å². The maximum absolute atomic E-state index is 5.54. The highest BCUT2D eigenvalue weighted by atomic mass is 16.5. The van der Waals surface area contributed by atoms with E-state index in [0.717, 1.165) is 24.4 Å². The third-order valence-corrected chi connectivity index (χ3v) is 7.96.